The maximum atomic E-state index is 6.53. The van der Waals surface area contributed by atoms with Crippen LogP contribution in [-0.2, 0) is 5.41 Å². The summed E-state index contributed by atoms with van der Waals surface area (Å²) in [6, 6.07) is 51.0. The van der Waals surface area contributed by atoms with Crippen molar-refractivity contribution < 1.29 is 4.42 Å². The highest BCUT2D eigenvalue weighted by Gasteiger charge is 2.37. The first-order valence-corrected chi connectivity index (χ1v) is 15.7. The number of hydrogen-bond donors (Lipinski definition) is 0. The number of fused-ring (bicyclic) bond motifs is 7. The molecule has 2 heterocycles. The second-order valence-electron chi connectivity index (χ2n) is 12.6. The maximum absolute atomic E-state index is 6.53. The van der Waals surface area contributed by atoms with Crippen molar-refractivity contribution in [3.05, 3.63) is 157 Å². The van der Waals surface area contributed by atoms with Crippen LogP contribution in [0.2, 0.25) is 0 Å². The molecule has 0 radical (unpaired) electrons. The zero-order valence-corrected chi connectivity index (χ0v) is 25.7. The monoisotopic (exact) mass is 590 g/mol. The Morgan fingerprint density at radius 2 is 1.07 bits per heavy atom. The van der Waals surface area contributed by atoms with Gasteiger partial charge in [-0.05, 0) is 46.0 Å². The largest absolute Gasteiger partial charge is 0.455 e. The molecule has 46 heavy (non-hydrogen) atoms. The van der Waals surface area contributed by atoms with Crippen LogP contribution in [0.25, 0.3) is 78.1 Å². The molecule has 3 heteroatoms. The molecule has 2 aromatic heterocycles. The fourth-order valence-corrected chi connectivity index (χ4v) is 7.10. The van der Waals surface area contributed by atoms with Crippen LogP contribution < -0.4 is 0 Å². The second kappa shape index (κ2) is 10.1. The quantitative estimate of drug-likeness (QED) is 0.205. The van der Waals surface area contributed by atoms with Crippen LogP contribution in [0.4, 0.5) is 0 Å². The van der Waals surface area contributed by atoms with Crippen molar-refractivity contribution in [1.82, 2.24) is 9.97 Å². The molecule has 8 aromatic rings. The zero-order valence-electron chi connectivity index (χ0n) is 25.7. The van der Waals surface area contributed by atoms with E-state index in [0.717, 1.165) is 50.2 Å². The Morgan fingerprint density at radius 3 is 1.76 bits per heavy atom. The van der Waals surface area contributed by atoms with Crippen LogP contribution in [0.3, 0.4) is 0 Å². The molecular weight excluding hydrogens is 560 g/mol. The molecule has 0 bridgehead atoms. The molecule has 0 saturated heterocycles. The lowest BCUT2D eigenvalue weighted by Gasteiger charge is -2.21. The predicted molar refractivity (Wildman–Crippen MR) is 189 cm³/mol. The van der Waals surface area contributed by atoms with Gasteiger partial charge in [0.2, 0.25) is 0 Å². The van der Waals surface area contributed by atoms with Crippen molar-refractivity contribution in [2.45, 2.75) is 19.3 Å². The van der Waals surface area contributed by atoms with Crippen molar-refractivity contribution in [2.24, 2.45) is 0 Å². The molecule has 1 aliphatic carbocycles. The van der Waals surface area contributed by atoms with E-state index in [4.69, 9.17) is 14.4 Å². The van der Waals surface area contributed by atoms with Crippen molar-refractivity contribution in [1.29, 1.82) is 0 Å². The van der Waals surface area contributed by atoms with Gasteiger partial charge in [-0.15, -0.1) is 0 Å². The third-order valence-electron chi connectivity index (χ3n) is 9.52. The zero-order chi connectivity index (χ0) is 30.8. The summed E-state index contributed by atoms with van der Waals surface area (Å²) in [6.45, 7) is 4.63. The Bertz CT molecular complexity index is 2360. The lowest BCUT2D eigenvalue weighted by Crippen LogP contribution is -2.14. The smallest absolute Gasteiger partial charge is 0.160 e. The Kier molecular flexibility index (Phi) is 5.85. The van der Waals surface area contributed by atoms with Crippen molar-refractivity contribution in [3.63, 3.8) is 0 Å². The molecule has 0 aliphatic heterocycles. The minimum atomic E-state index is -0.113. The fourth-order valence-electron chi connectivity index (χ4n) is 7.10. The van der Waals surface area contributed by atoms with Crippen LogP contribution in [0.1, 0.15) is 25.0 Å². The van der Waals surface area contributed by atoms with Gasteiger partial charge in [0, 0.05) is 38.4 Å². The van der Waals surface area contributed by atoms with Crippen LogP contribution >= 0.6 is 0 Å². The first kappa shape index (κ1) is 26.6. The van der Waals surface area contributed by atoms with Crippen LogP contribution in [0.5, 0.6) is 0 Å². The van der Waals surface area contributed by atoms with E-state index in [2.05, 4.69) is 117 Å². The molecule has 1 aliphatic rings. The van der Waals surface area contributed by atoms with Gasteiger partial charge in [0.25, 0.3) is 0 Å². The molecule has 0 fully saturated rings. The summed E-state index contributed by atoms with van der Waals surface area (Å²) in [6.07, 6.45) is 0. The number of benzene rings is 6. The van der Waals surface area contributed by atoms with E-state index in [1.54, 1.807) is 0 Å². The average Bonchev–Trinajstić information content (AvgIpc) is 3.61. The molecule has 0 spiro atoms. The standard InChI is InChI=1S/C43H30N2O/c1-43(2)35-23-21-31(25-34(35)40-36(43)24-22-33-32-15-9-10-16-39(32)46-41(33)40)27-17-19-30(20-18-27)42-44-37(28-11-5-3-6-12-28)26-38(45-42)29-13-7-4-8-14-29/h3-26H,1-2H3. The molecule has 9 rings (SSSR count). The number of rotatable bonds is 4. The molecule has 6 aromatic carbocycles. The summed E-state index contributed by atoms with van der Waals surface area (Å²) in [5.74, 6) is 0.712. The lowest BCUT2D eigenvalue weighted by molar-refractivity contribution is 0.653. The van der Waals surface area contributed by atoms with E-state index in [1.165, 1.54) is 33.2 Å². The first-order valence-electron chi connectivity index (χ1n) is 15.7. The van der Waals surface area contributed by atoms with Crippen molar-refractivity contribution in [2.75, 3.05) is 0 Å². The van der Waals surface area contributed by atoms with Gasteiger partial charge in [0.1, 0.15) is 11.2 Å². The van der Waals surface area contributed by atoms with Crippen LogP contribution in [0.15, 0.2) is 150 Å². The summed E-state index contributed by atoms with van der Waals surface area (Å²) in [5.41, 5.74) is 14.2. The fraction of sp³-hybridized carbons (Fsp3) is 0.0698. The molecule has 0 atom stereocenters. The maximum Gasteiger partial charge on any atom is 0.160 e. The van der Waals surface area contributed by atoms with Crippen molar-refractivity contribution >= 4 is 21.9 Å². The number of para-hydroxylation sites is 1. The van der Waals surface area contributed by atoms with Gasteiger partial charge in [-0.25, -0.2) is 9.97 Å². The van der Waals surface area contributed by atoms with E-state index in [0.29, 0.717) is 5.82 Å². The van der Waals surface area contributed by atoms with Gasteiger partial charge < -0.3 is 4.42 Å². The minimum Gasteiger partial charge on any atom is -0.455 e. The summed E-state index contributed by atoms with van der Waals surface area (Å²) in [4.78, 5) is 10.0. The van der Waals surface area contributed by atoms with Gasteiger partial charge in [0.05, 0.1) is 11.4 Å². The molecule has 3 nitrogen and oxygen atoms in total. The Labute approximate surface area is 267 Å². The van der Waals surface area contributed by atoms with Gasteiger partial charge in [-0.3, -0.25) is 0 Å². The minimum absolute atomic E-state index is 0.113. The lowest BCUT2D eigenvalue weighted by atomic mass is 9.82. The molecule has 0 saturated carbocycles. The highest BCUT2D eigenvalue weighted by atomic mass is 16.3. The number of nitrogens with zero attached hydrogens (tertiary/aromatic N) is 2. The highest BCUT2D eigenvalue weighted by Crippen LogP contribution is 2.53. The van der Waals surface area contributed by atoms with E-state index < -0.39 is 0 Å². The first-order chi connectivity index (χ1) is 22.5. The Hall–Kier alpha value is -5.80. The summed E-state index contributed by atoms with van der Waals surface area (Å²) >= 11 is 0. The van der Waals surface area contributed by atoms with Crippen molar-refractivity contribution in [3.8, 4) is 56.2 Å². The average molecular weight is 591 g/mol. The van der Waals surface area contributed by atoms with Gasteiger partial charge in [-0.1, -0.05) is 141 Å². The van der Waals surface area contributed by atoms with E-state index >= 15 is 0 Å². The predicted octanol–water partition coefficient (Wildman–Crippen LogP) is 11.4. The Morgan fingerprint density at radius 1 is 0.478 bits per heavy atom. The third-order valence-corrected chi connectivity index (χ3v) is 9.52. The molecule has 218 valence electrons. The summed E-state index contributed by atoms with van der Waals surface area (Å²) < 4.78 is 6.53. The SMILES string of the molecule is CC1(C)c2ccc(-c3ccc(-c4nc(-c5ccccc5)cc(-c5ccccc5)n4)cc3)cc2-c2c1ccc1c2oc2ccccc21. The summed E-state index contributed by atoms with van der Waals surface area (Å²) in [7, 11) is 0. The third kappa shape index (κ3) is 4.13. The normalized spacial score (nSPS) is 13.2. The van der Waals surface area contributed by atoms with E-state index in [-0.39, 0.29) is 5.41 Å². The van der Waals surface area contributed by atoms with E-state index in [1.807, 2.05) is 42.5 Å². The second-order valence-corrected chi connectivity index (χ2v) is 12.6. The summed E-state index contributed by atoms with van der Waals surface area (Å²) in [5, 5.41) is 2.33. The molecule has 0 unspecified atom stereocenters. The number of hydrogen-bond acceptors (Lipinski definition) is 3. The number of furan rings is 1. The van der Waals surface area contributed by atoms with Gasteiger partial charge >= 0.3 is 0 Å². The highest BCUT2D eigenvalue weighted by molar-refractivity contribution is 6.12. The number of aromatic nitrogens is 2. The molecule has 0 N–H and O–H groups in total. The Balaban J connectivity index is 1.14. The van der Waals surface area contributed by atoms with Crippen LogP contribution in [0, 0.1) is 0 Å². The van der Waals surface area contributed by atoms with Gasteiger partial charge in [-0.2, -0.15) is 0 Å². The molecule has 0 amide bonds. The molecular formula is C43H30N2O. The topological polar surface area (TPSA) is 38.9 Å². The van der Waals surface area contributed by atoms with Crippen LogP contribution in [-0.4, -0.2) is 9.97 Å². The van der Waals surface area contributed by atoms with Gasteiger partial charge in [0.15, 0.2) is 5.82 Å². The van der Waals surface area contributed by atoms with E-state index in [9.17, 15) is 0 Å².